The first-order valence-electron chi connectivity index (χ1n) is 8.31. The van der Waals surface area contributed by atoms with Crippen LogP contribution in [-0.2, 0) is 11.8 Å². The number of amides is 1. The number of hydrogen-bond donors (Lipinski definition) is 1. The number of fused-ring (bicyclic) bond motifs is 1. The maximum absolute atomic E-state index is 11.4. The van der Waals surface area contributed by atoms with Crippen molar-refractivity contribution in [2.24, 2.45) is 7.05 Å². The average Bonchev–Trinajstić information content (AvgIpc) is 3.15. The van der Waals surface area contributed by atoms with Gasteiger partial charge < -0.3 is 19.3 Å². The van der Waals surface area contributed by atoms with Crippen molar-refractivity contribution in [2.75, 3.05) is 13.1 Å². The van der Waals surface area contributed by atoms with E-state index in [0.29, 0.717) is 5.52 Å². The molecule has 0 spiro atoms. The van der Waals surface area contributed by atoms with Crippen LogP contribution in [0.5, 0.6) is 0 Å². The molecule has 1 fully saturated rings. The van der Waals surface area contributed by atoms with E-state index in [1.165, 1.54) is 0 Å². The van der Waals surface area contributed by atoms with Crippen molar-refractivity contribution in [3.8, 4) is 0 Å². The minimum Gasteiger partial charge on any atom is -0.477 e. The summed E-state index contributed by atoms with van der Waals surface area (Å²) in [5.74, 6) is -0.930. The number of aryl methyl sites for hydroxylation is 1. The SMILES string of the molecule is CC(C)(C)OC(=O)N1CCCC1.Cn1c(C(=O)O)cc2ncccc21. The molecule has 7 nitrogen and oxygen atoms in total. The van der Waals surface area contributed by atoms with Gasteiger partial charge in [-0.3, -0.25) is 4.98 Å². The summed E-state index contributed by atoms with van der Waals surface area (Å²) >= 11 is 0. The van der Waals surface area contributed by atoms with E-state index in [1.807, 2.05) is 26.8 Å². The van der Waals surface area contributed by atoms with E-state index in [1.54, 1.807) is 34.8 Å². The van der Waals surface area contributed by atoms with Gasteiger partial charge in [0.25, 0.3) is 0 Å². The molecule has 3 rings (SSSR count). The minimum absolute atomic E-state index is 0.167. The molecule has 2 aromatic heterocycles. The quantitative estimate of drug-likeness (QED) is 0.855. The first kappa shape index (κ1) is 18.8. The number of hydrogen-bond acceptors (Lipinski definition) is 4. The maximum atomic E-state index is 11.4. The number of aromatic nitrogens is 2. The zero-order chi connectivity index (χ0) is 18.6. The summed E-state index contributed by atoms with van der Waals surface area (Å²) in [7, 11) is 1.72. The van der Waals surface area contributed by atoms with Gasteiger partial charge in [0.15, 0.2) is 0 Å². The second-order valence-corrected chi connectivity index (χ2v) is 6.98. The van der Waals surface area contributed by atoms with Crippen LogP contribution in [-0.4, -0.2) is 50.3 Å². The molecule has 1 aliphatic rings. The Morgan fingerprint density at radius 2 is 1.88 bits per heavy atom. The van der Waals surface area contributed by atoms with Crippen LogP contribution in [0.1, 0.15) is 44.1 Å². The lowest BCUT2D eigenvalue weighted by molar-refractivity contribution is 0.0295. The molecule has 7 heteroatoms. The van der Waals surface area contributed by atoms with E-state index >= 15 is 0 Å². The Labute approximate surface area is 147 Å². The van der Waals surface area contributed by atoms with Crippen molar-refractivity contribution < 1.29 is 19.4 Å². The molecule has 1 N–H and O–H groups in total. The van der Waals surface area contributed by atoms with Gasteiger partial charge in [0.2, 0.25) is 0 Å². The lowest BCUT2D eigenvalue weighted by Crippen LogP contribution is -2.34. The highest BCUT2D eigenvalue weighted by Gasteiger charge is 2.23. The molecule has 136 valence electrons. The van der Waals surface area contributed by atoms with E-state index in [0.717, 1.165) is 31.4 Å². The van der Waals surface area contributed by atoms with Crippen molar-refractivity contribution in [3.63, 3.8) is 0 Å². The fourth-order valence-corrected chi connectivity index (χ4v) is 2.59. The molecule has 0 bridgehead atoms. The number of ether oxygens (including phenoxy) is 1. The third-order valence-electron chi connectivity index (χ3n) is 3.79. The number of likely N-dealkylation sites (tertiary alicyclic amines) is 1. The summed E-state index contributed by atoms with van der Waals surface area (Å²) in [5, 5.41) is 8.82. The molecule has 0 atom stereocenters. The van der Waals surface area contributed by atoms with E-state index in [4.69, 9.17) is 9.84 Å². The number of pyridine rings is 1. The van der Waals surface area contributed by atoms with Crippen LogP contribution < -0.4 is 0 Å². The second-order valence-electron chi connectivity index (χ2n) is 6.98. The van der Waals surface area contributed by atoms with E-state index in [2.05, 4.69) is 4.98 Å². The average molecular weight is 347 g/mol. The van der Waals surface area contributed by atoms with Crippen molar-refractivity contribution in [3.05, 3.63) is 30.1 Å². The monoisotopic (exact) mass is 347 g/mol. The van der Waals surface area contributed by atoms with E-state index in [-0.39, 0.29) is 17.4 Å². The lowest BCUT2D eigenvalue weighted by Gasteiger charge is -2.23. The Hall–Kier alpha value is -2.57. The highest BCUT2D eigenvalue weighted by Crippen LogP contribution is 2.15. The molecule has 3 heterocycles. The Morgan fingerprint density at radius 1 is 1.24 bits per heavy atom. The molecular weight excluding hydrogens is 322 g/mol. The topological polar surface area (TPSA) is 84.7 Å². The summed E-state index contributed by atoms with van der Waals surface area (Å²) in [6, 6.07) is 5.19. The molecular formula is C18H25N3O4. The standard InChI is InChI=1S/C9H8N2O2.C9H17NO2/c1-11-7-3-2-4-10-6(7)5-8(11)9(12)13;1-9(2,3)12-8(11)10-6-4-5-7-10/h2-5H,1H3,(H,12,13);4-7H2,1-3H3. The lowest BCUT2D eigenvalue weighted by atomic mass is 10.2. The van der Waals surface area contributed by atoms with Crippen molar-refractivity contribution in [1.29, 1.82) is 0 Å². The normalized spacial score (nSPS) is 14.2. The fourth-order valence-electron chi connectivity index (χ4n) is 2.59. The molecule has 0 saturated carbocycles. The first-order chi connectivity index (χ1) is 11.7. The Kier molecular flexibility index (Phi) is 5.66. The largest absolute Gasteiger partial charge is 0.477 e. The maximum Gasteiger partial charge on any atom is 0.410 e. The number of carbonyl (C=O) groups is 2. The van der Waals surface area contributed by atoms with Gasteiger partial charge in [-0.05, 0) is 51.8 Å². The van der Waals surface area contributed by atoms with E-state index in [9.17, 15) is 9.59 Å². The Balaban J connectivity index is 0.000000181. The van der Waals surface area contributed by atoms with E-state index < -0.39 is 5.97 Å². The predicted octanol–water partition coefficient (Wildman–Crippen LogP) is 3.29. The number of carboxylic acids is 1. The van der Waals surface area contributed by atoms with Crippen molar-refractivity contribution in [2.45, 2.75) is 39.2 Å². The van der Waals surface area contributed by atoms with Gasteiger partial charge >= 0.3 is 12.1 Å². The van der Waals surface area contributed by atoms with Gasteiger partial charge in [0, 0.05) is 26.3 Å². The molecule has 0 aromatic carbocycles. The summed E-state index contributed by atoms with van der Waals surface area (Å²) in [6.45, 7) is 7.38. The van der Waals surface area contributed by atoms with Gasteiger partial charge in [0.1, 0.15) is 11.3 Å². The predicted molar refractivity (Wildman–Crippen MR) is 94.7 cm³/mol. The number of rotatable bonds is 1. The van der Waals surface area contributed by atoms with Crippen molar-refractivity contribution in [1.82, 2.24) is 14.5 Å². The molecule has 0 aliphatic carbocycles. The van der Waals surface area contributed by atoms with Gasteiger partial charge in [-0.15, -0.1) is 0 Å². The molecule has 1 amide bonds. The zero-order valence-electron chi connectivity index (χ0n) is 15.2. The van der Waals surface area contributed by atoms with Crippen LogP contribution in [0.2, 0.25) is 0 Å². The molecule has 1 saturated heterocycles. The number of carbonyl (C=O) groups excluding carboxylic acids is 1. The van der Waals surface area contributed by atoms with Crippen LogP contribution in [0.25, 0.3) is 11.0 Å². The number of nitrogens with zero attached hydrogens (tertiary/aromatic N) is 3. The number of carboxylic acid groups (broad SMARTS) is 1. The Morgan fingerprint density at radius 3 is 2.40 bits per heavy atom. The molecule has 1 aliphatic heterocycles. The summed E-state index contributed by atoms with van der Waals surface area (Å²) in [6.07, 6.45) is 3.70. The summed E-state index contributed by atoms with van der Waals surface area (Å²) in [5.41, 5.74) is 1.44. The second kappa shape index (κ2) is 7.55. The first-order valence-corrected chi connectivity index (χ1v) is 8.31. The summed E-state index contributed by atoms with van der Waals surface area (Å²) in [4.78, 5) is 27.9. The summed E-state index contributed by atoms with van der Waals surface area (Å²) < 4.78 is 6.82. The Bertz CT molecular complexity index is 755. The van der Waals surface area contributed by atoms with Gasteiger partial charge in [0.05, 0.1) is 11.0 Å². The van der Waals surface area contributed by atoms with Crippen LogP contribution in [0.3, 0.4) is 0 Å². The van der Waals surface area contributed by atoms with Crippen molar-refractivity contribution >= 4 is 23.1 Å². The van der Waals surface area contributed by atoms with Gasteiger partial charge in [-0.2, -0.15) is 0 Å². The van der Waals surface area contributed by atoms with Crippen LogP contribution >= 0.6 is 0 Å². The third kappa shape index (κ3) is 4.95. The van der Waals surface area contributed by atoms with Crippen LogP contribution in [0, 0.1) is 0 Å². The molecule has 0 unspecified atom stereocenters. The highest BCUT2D eigenvalue weighted by molar-refractivity contribution is 5.93. The minimum atomic E-state index is -0.930. The number of aromatic carboxylic acids is 1. The molecule has 25 heavy (non-hydrogen) atoms. The molecule has 2 aromatic rings. The fraction of sp³-hybridized carbons (Fsp3) is 0.500. The van der Waals surface area contributed by atoms with Gasteiger partial charge in [-0.1, -0.05) is 0 Å². The van der Waals surface area contributed by atoms with Crippen LogP contribution in [0.4, 0.5) is 4.79 Å². The van der Waals surface area contributed by atoms with Gasteiger partial charge in [-0.25, -0.2) is 9.59 Å². The smallest absolute Gasteiger partial charge is 0.410 e. The molecule has 0 radical (unpaired) electrons. The zero-order valence-corrected chi connectivity index (χ0v) is 15.2. The third-order valence-corrected chi connectivity index (χ3v) is 3.79. The highest BCUT2D eigenvalue weighted by atomic mass is 16.6. The van der Waals surface area contributed by atoms with Crippen LogP contribution in [0.15, 0.2) is 24.4 Å².